The molecule has 5 nitrogen and oxygen atoms in total. The third-order valence-electron chi connectivity index (χ3n) is 5.59. The number of hydrogen-bond donors (Lipinski definition) is 2. The molecule has 2 N–H and O–H groups in total. The van der Waals surface area contributed by atoms with Gasteiger partial charge in [0.05, 0.1) is 13.2 Å². The highest BCUT2D eigenvalue weighted by molar-refractivity contribution is 7.99. The van der Waals surface area contributed by atoms with Gasteiger partial charge in [0.25, 0.3) is 0 Å². The largest absolute Gasteiger partial charge is 0.379 e. The van der Waals surface area contributed by atoms with Crippen LogP contribution in [0.1, 0.15) is 17.5 Å². The van der Waals surface area contributed by atoms with Crippen molar-refractivity contribution in [2.45, 2.75) is 12.0 Å². The van der Waals surface area contributed by atoms with Gasteiger partial charge in [0.2, 0.25) is 0 Å². The van der Waals surface area contributed by atoms with Crippen molar-refractivity contribution in [2.24, 2.45) is 0 Å². The van der Waals surface area contributed by atoms with Crippen molar-refractivity contribution in [3.63, 3.8) is 0 Å². The molecular weight excluding hydrogens is 394 g/mol. The van der Waals surface area contributed by atoms with E-state index in [1.165, 1.54) is 0 Å². The third-order valence-corrected chi connectivity index (χ3v) is 6.82. The van der Waals surface area contributed by atoms with Crippen LogP contribution in [0.25, 0.3) is 0 Å². The van der Waals surface area contributed by atoms with E-state index >= 15 is 0 Å². The summed E-state index contributed by atoms with van der Waals surface area (Å²) in [7, 11) is 0. The van der Waals surface area contributed by atoms with Gasteiger partial charge in [-0.1, -0.05) is 36.1 Å². The number of rotatable bonds is 4. The molecule has 156 valence electrons. The van der Waals surface area contributed by atoms with Crippen molar-refractivity contribution in [3.05, 3.63) is 65.7 Å². The van der Waals surface area contributed by atoms with Crippen LogP contribution in [0.5, 0.6) is 0 Å². The van der Waals surface area contributed by atoms with E-state index in [2.05, 4.69) is 27.4 Å². The summed E-state index contributed by atoms with van der Waals surface area (Å²) in [5, 5.41) is 6.06. The summed E-state index contributed by atoms with van der Waals surface area (Å²) in [6, 6.07) is 17.3. The number of morpholine rings is 1. The van der Waals surface area contributed by atoms with Crippen LogP contribution in [0, 0.1) is 11.8 Å². The molecule has 2 heterocycles. The Morgan fingerprint density at radius 2 is 1.83 bits per heavy atom. The summed E-state index contributed by atoms with van der Waals surface area (Å²) in [4.78, 5) is 15.1. The summed E-state index contributed by atoms with van der Waals surface area (Å²) in [6.45, 7) is 4.07. The molecule has 30 heavy (non-hydrogen) atoms. The highest BCUT2D eigenvalue weighted by Gasteiger charge is 2.40. The molecule has 2 aromatic rings. The molecule has 2 aliphatic rings. The Morgan fingerprint density at radius 3 is 2.60 bits per heavy atom. The summed E-state index contributed by atoms with van der Waals surface area (Å²) in [5.41, 5.74) is 2.62. The number of thioether (sulfide) groups is 1. The minimum atomic E-state index is -0.173. The van der Waals surface area contributed by atoms with Gasteiger partial charge in [-0.3, -0.25) is 4.90 Å². The first kappa shape index (κ1) is 20.8. The topological polar surface area (TPSA) is 53.6 Å². The number of urea groups is 1. The Hall–Kier alpha value is -2.46. The van der Waals surface area contributed by atoms with Crippen molar-refractivity contribution in [1.29, 1.82) is 0 Å². The third kappa shape index (κ3) is 5.37. The standard InChI is InChI=1S/C24H27N3O2S/c28-23(25-18-24(11-16-30-19-24)27-12-14-29-15-13-27)26-22-8-4-7-21(17-22)10-9-20-5-2-1-3-6-20/h1-8,17H,11-16,18-19H2,(H2,25,26,28). The Morgan fingerprint density at radius 1 is 1.07 bits per heavy atom. The first-order valence-corrected chi connectivity index (χ1v) is 11.5. The average Bonchev–Trinajstić information content (AvgIpc) is 3.28. The summed E-state index contributed by atoms with van der Waals surface area (Å²) < 4.78 is 5.51. The lowest BCUT2D eigenvalue weighted by atomic mass is 9.95. The molecule has 0 saturated carbocycles. The molecule has 0 aromatic heterocycles. The van der Waals surface area contributed by atoms with Crippen LogP contribution >= 0.6 is 11.8 Å². The van der Waals surface area contributed by atoms with Crippen LogP contribution in [0.4, 0.5) is 10.5 Å². The van der Waals surface area contributed by atoms with Gasteiger partial charge in [-0.15, -0.1) is 0 Å². The normalized spacial score (nSPS) is 21.5. The van der Waals surface area contributed by atoms with Crippen molar-refractivity contribution in [3.8, 4) is 11.8 Å². The number of hydrogen-bond acceptors (Lipinski definition) is 4. The van der Waals surface area contributed by atoms with Gasteiger partial charge in [-0.05, 0) is 42.5 Å². The molecule has 2 fully saturated rings. The maximum Gasteiger partial charge on any atom is 0.319 e. The van der Waals surface area contributed by atoms with Crippen molar-refractivity contribution < 1.29 is 9.53 Å². The monoisotopic (exact) mass is 421 g/mol. The number of carbonyl (C=O) groups is 1. The lowest BCUT2D eigenvalue weighted by Crippen LogP contribution is -2.59. The van der Waals surface area contributed by atoms with Crippen molar-refractivity contribution in [1.82, 2.24) is 10.2 Å². The molecule has 1 unspecified atom stereocenters. The maximum atomic E-state index is 12.6. The molecule has 2 saturated heterocycles. The van der Waals surface area contributed by atoms with Crippen LogP contribution in [0.3, 0.4) is 0 Å². The fourth-order valence-corrected chi connectivity index (χ4v) is 5.37. The van der Waals surface area contributed by atoms with E-state index in [4.69, 9.17) is 4.74 Å². The number of benzene rings is 2. The SMILES string of the molecule is O=C(NCC1(N2CCOCC2)CCSC1)Nc1cccc(C#Cc2ccccc2)c1. The van der Waals surface area contributed by atoms with Crippen LogP contribution in [0.15, 0.2) is 54.6 Å². The Balaban J connectivity index is 1.35. The minimum absolute atomic E-state index is 0.0365. The molecule has 2 aromatic carbocycles. The molecule has 4 rings (SSSR count). The smallest absolute Gasteiger partial charge is 0.319 e. The second kappa shape index (κ2) is 10.0. The van der Waals surface area contributed by atoms with Gasteiger partial charge in [0.1, 0.15) is 0 Å². The Labute approximate surface area is 182 Å². The molecule has 2 aliphatic heterocycles. The molecule has 2 amide bonds. The summed E-state index contributed by atoms with van der Waals surface area (Å²) in [5.74, 6) is 8.50. The average molecular weight is 422 g/mol. The van der Waals surface area contributed by atoms with E-state index < -0.39 is 0 Å². The van der Waals surface area contributed by atoms with E-state index in [0.29, 0.717) is 6.54 Å². The van der Waals surface area contributed by atoms with Crippen LogP contribution in [0.2, 0.25) is 0 Å². The van der Waals surface area contributed by atoms with E-state index in [-0.39, 0.29) is 11.6 Å². The first-order valence-electron chi connectivity index (χ1n) is 10.4. The van der Waals surface area contributed by atoms with E-state index in [1.54, 1.807) is 0 Å². The van der Waals surface area contributed by atoms with Crippen molar-refractivity contribution >= 4 is 23.5 Å². The molecule has 0 aliphatic carbocycles. The number of anilines is 1. The predicted molar refractivity (Wildman–Crippen MR) is 123 cm³/mol. The Bertz CT molecular complexity index is 911. The minimum Gasteiger partial charge on any atom is -0.379 e. The molecule has 0 bridgehead atoms. The number of ether oxygens (including phenoxy) is 1. The number of carbonyl (C=O) groups excluding carboxylic acids is 1. The van der Waals surface area contributed by atoms with Gasteiger partial charge < -0.3 is 15.4 Å². The van der Waals surface area contributed by atoms with Gasteiger partial charge in [0, 0.05) is 47.7 Å². The van der Waals surface area contributed by atoms with Crippen LogP contribution < -0.4 is 10.6 Å². The highest BCUT2D eigenvalue weighted by Crippen LogP contribution is 2.33. The lowest BCUT2D eigenvalue weighted by molar-refractivity contribution is -0.0123. The molecule has 6 heteroatoms. The van der Waals surface area contributed by atoms with E-state index in [9.17, 15) is 4.79 Å². The van der Waals surface area contributed by atoms with Crippen LogP contribution in [-0.2, 0) is 4.74 Å². The van der Waals surface area contributed by atoms with Gasteiger partial charge in [-0.2, -0.15) is 11.8 Å². The maximum absolute atomic E-state index is 12.6. The van der Waals surface area contributed by atoms with Gasteiger partial charge in [0.15, 0.2) is 0 Å². The van der Waals surface area contributed by atoms with Gasteiger partial charge >= 0.3 is 6.03 Å². The second-order valence-corrected chi connectivity index (χ2v) is 8.74. The fourth-order valence-electron chi connectivity index (χ4n) is 3.90. The molecule has 0 radical (unpaired) electrons. The lowest BCUT2D eigenvalue weighted by Gasteiger charge is -2.43. The first-order chi connectivity index (χ1) is 14.7. The summed E-state index contributed by atoms with van der Waals surface area (Å²) in [6.07, 6.45) is 1.10. The van der Waals surface area contributed by atoms with Crippen molar-refractivity contribution in [2.75, 3.05) is 49.7 Å². The molecular formula is C24H27N3O2S. The predicted octanol–water partition coefficient (Wildman–Crippen LogP) is 3.42. The second-order valence-electron chi connectivity index (χ2n) is 7.63. The number of amides is 2. The van der Waals surface area contributed by atoms with Crippen LogP contribution in [-0.4, -0.2) is 60.8 Å². The fraction of sp³-hybridized carbons (Fsp3) is 0.375. The van der Waals surface area contributed by atoms with E-state index in [0.717, 1.165) is 61.0 Å². The summed E-state index contributed by atoms with van der Waals surface area (Å²) >= 11 is 1.97. The van der Waals surface area contributed by atoms with Gasteiger partial charge in [-0.25, -0.2) is 4.79 Å². The highest BCUT2D eigenvalue weighted by atomic mass is 32.2. The number of nitrogens with zero attached hydrogens (tertiary/aromatic N) is 1. The quantitative estimate of drug-likeness (QED) is 0.743. The Kier molecular flexibility index (Phi) is 6.96. The number of nitrogens with one attached hydrogen (secondary N) is 2. The molecule has 0 spiro atoms. The zero-order chi connectivity index (χ0) is 20.7. The zero-order valence-corrected chi connectivity index (χ0v) is 17.8. The zero-order valence-electron chi connectivity index (χ0n) is 17.0. The molecule has 1 atom stereocenters. The van der Waals surface area contributed by atoms with E-state index in [1.807, 2.05) is 66.4 Å².